The number of carbonyl (C=O) groups is 3. The maximum Gasteiger partial charge on any atom is 0.408 e. The maximum atomic E-state index is 15.7. The molecule has 4 rings (SSSR count). The normalized spacial score (nSPS) is 15.0. The van der Waals surface area contributed by atoms with Crippen LogP contribution in [0, 0.1) is 5.82 Å². The number of alkyl halides is 1. The van der Waals surface area contributed by atoms with E-state index in [1.165, 1.54) is 17.0 Å². The van der Waals surface area contributed by atoms with Gasteiger partial charge < -0.3 is 25.0 Å². The fourth-order valence-corrected chi connectivity index (χ4v) is 5.80. The molecule has 1 aliphatic heterocycles. The summed E-state index contributed by atoms with van der Waals surface area (Å²) in [7, 11) is 0. The number of rotatable bonds is 7. The van der Waals surface area contributed by atoms with Crippen LogP contribution in [0.2, 0.25) is 0 Å². The zero-order valence-corrected chi connectivity index (χ0v) is 24.7. The van der Waals surface area contributed by atoms with Gasteiger partial charge in [-0.3, -0.25) is 9.69 Å². The summed E-state index contributed by atoms with van der Waals surface area (Å²) in [6.07, 6.45) is -4.61. The lowest BCUT2D eigenvalue weighted by molar-refractivity contribution is 0.0280. The molecule has 0 saturated heterocycles. The molecule has 226 valence electrons. The lowest BCUT2D eigenvalue weighted by Gasteiger charge is -2.42. The van der Waals surface area contributed by atoms with E-state index in [-0.39, 0.29) is 25.2 Å². The van der Waals surface area contributed by atoms with Crippen molar-refractivity contribution in [3.05, 3.63) is 59.5 Å². The van der Waals surface area contributed by atoms with Crippen LogP contribution in [0.4, 0.5) is 18.4 Å². The van der Waals surface area contributed by atoms with E-state index in [4.69, 9.17) is 0 Å². The molecule has 0 aliphatic carbocycles. The van der Waals surface area contributed by atoms with E-state index in [2.05, 4.69) is 4.98 Å². The van der Waals surface area contributed by atoms with Gasteiger partial charge in [-0.1, -0.05) is 24.3 Å². The second kappa shape index (κ2) is 11.3. The van der Waals surface area contributed by atoms with Gasteiger partial charge in [-0.05, 0) is 70.9 Å². The Balaban J connectivity index is 1.76. The number of benzene rings is 2. The average molecular weight is 585 g/mol. The number of nitrogens with zero attached hydrogens (tertiary/aromatic N) is 3. The van der Waals surface area contributed by atoms with E-state index < -0.39 is 53.7 Å². The first kappa shape index (κ1) is 30.8. The molecule has 0 unspecified atom stereocenters. The Morgan fingerprint density at radius 3 is 2.29 bits per heavy atom. The van der Waals surface area contributed by atoms with Crippen LogP contribution in [-0.2, 0) is 6.54 Å². The van der Waals surface area contributed by atoms with E-state index >= 15 is 4.39 Å². The Morgan fingerprint density at radius 2 is 1.69 bits per heavy atom. The van der Waals surface area contributed by atoms with Gasteiger partial charge >= 0.3 is 12.2 Å². The molecule has 1 aromatic heterocycles. The average Bonchev–Trinajstić information content (AvgIpc) is 3.18. The van der Waals surface area contributed by atoms with Crippen molar-refractivity contribution in [2.24, 2.45) is 0 Å². The number of amides is 3. The van der Waals surface area contributed by atoms with E-state index in [9.17, 15) is 29.0 Å². The van der Waals surface area contributed by atoms with Gasteiger partial charge in [-0.2, -0.15) is 0 Å². The molecule has 9 nitrogen and oxygen atoms in total. The number of hydrogen-bond donors (Lipinski definition) is 3. The summed E-state index contributed by atoms with van der Waals surface area (Å²) >= 11 is 0. The molecule has 0 fully saturated rings. The standard InChI is InChI=1S/C31H38F2N4O5/c1-30(2,3)36(28(39)40)16-20(33)13-21(37(29(41)42)31(4,5)6)17-35-15-18-9-7-8-10-22(18)25-23-14-19(32)11-12-24(23)34-26(25)27(35)38/h7-12,14,20-21,34H,13,15-17H2,1-6H3,(H,39,40)(H,41,42)/t20-,21-/m0/s1. The van der Waals surface area contributed by atoms with Crippen molar-refractivity contribution in [3.63, 3.8) is 0 Å². The molecule has 1 aliphatic rings. The third kappa shape index (κ3) is 6.19. The van der Waals surface area contributed by atoms with Crippen molar-refractivity contribution in [2.45, 2.75) is 77.8 Å². The minimum atomic E-state index is -1.71. The predicted molar refractivity (Wildman–Crippen MR) is 156 cm³/mol. The monoisotopic (exact) mass is 584 g/mol. The molecule has 2 aromatic carbocycles. The molecule has 42 heavy (non-hydrogen) atoms. The summed E-state index contributed by atoms with van der Waals surface area (Å²) in [5.41, 5.74) is 1.05. The molecule has 3 aromatic rings. The van der Waals surface area contributed by atoms with Crippen molar-refractivity contribution in [2.75, 3.05) is 13.1 Å². The second-order valence-corrected chi connectivity index (χ2v) is 12.8. The smallest absolute Gasteiger partial charge is 0.408 e. The highest BCUT2D eigenvalue weighted by Gasteiger charge is 2.39. The van der Waals surface area contributed by atoms with Gasteiger partial charge in [-0.25, -0.2) is 18.4 Å². The van der Waals surface area contributed by atoms with Gasteiger partial charge in [0.1, 0.15) is 17.7 Å². The van der Waals surface area contributed by atoms with Crippen molar-refractivity contribution in [1.82, 2.24) is 19.7 Å². The van der Waals surface area contributed by atoms with Gasteiger partial charge in [0.2, 0.25) is 0 Å². The quantitative estimate of drug-likeness (QED) is 0.290. The summed E-state index contributed by atoms with van der Waals surface area (Å²) in [4.78, 5) is 45.2. The molecule has 2 atom stereocenters. The van der Waals surface area contributed by atoms with Crippen LogP contribution in [0.5, 0.6) is 0 Å². The van der Waals surface area contributed by atoms with Gasteiger partial charge in [0.15, 0.2) is 0 Å². The molecular weight excluding hydrogens is 546 g/mol. The third-order valence-electron chi connectivity index (χ3n) is 7.58. The van der Waals surface area contributed by atoms with Gasteiger partial charge in [0.05, 0.1) is 12.6 Å². The van der Waals surface area contributed by atoms with Crippen LogP contribution in [0.15, 0.2) is 42.5 Å². The zero-order chi connectivity index (χ0) is 31.1. The number of halogens is 2. The van der Waals surface area contributed by atoms with Crippen LogP contribution in [0.25, 0.3) is 22.0 Å². The van der Waals surface area contributed by atoms with Crippen LogP contribution in [0.3, 0.4) is 0 Å². The Morgan fingerprint density at radius 1 is 1.02 bits per heavy atom. The molecule has 2 heterocycles. The van der Waals surface area contributed by atoms with Gasteiger partial charge in [0.25, 0.3) is 5.91 Å². The van der Waals surface area contributed by atoms with Crippen LogP contribution < -0.4 is 0 Å². The predicted octanol–water partition coefficient (Wildman–Crippen LogP) is 6.58. The van der Waals surface area contributed by atoms with Crippen LogP contribution in [-0.4, -0.2) is 84.4 Å². The molecule has 0 bridgehead atoms. The van der Waals surface area contributed by atoms with E-state index in [1.807, 2.05) is 24.3 Å². The Kier molecular flexibility index (Phi) is 8.26. The largest absolute Gasteiger partial charge is 0.465 e. The number of H-pyrrole nitrogens is 1. The van der Waals surface area contributed by atoms with Gasteiger partial charge in [-0.15, -0.1) is 0 Å². The lowest BCUT2D eigenvalue weighted by atomic mass is 9.97. The number of fused-ring (bicyclic) bond motifs is 5. The molecule has 0 spiro atoms. The summed E-state index contributed by atoms with van der Waals surface area (Å²) in [6.45, 7) is 9.52. The minimum absolute atomic E-state index is 0.114. The van der Waals surface area contributed by atoms with Crippen molar-refractivity contribution in [3.8, 4) is 11.1 Å². The van der Waals surface area contributed by atoms with E-state index in [0.717, 1.165) is 20.9 Å². The maximum absolute atomic E-state index is 15.7. The highest BCUT2D eigenvalue weighted by atomic mass is 19.1. The molecule has 11 heteroatoms. The summed E-state index contributed by atoms with van der Waals surface area (Å²) in [5, 5.41) is 20.5. The number of carboxylic acid groups (broad SMARTS) is 2. The topological polar surface area (TPSA) is 117 Å². The highest BCUT2D eigenvalue weighted by molar-refractivity contribution is 6.11. The van der Waals surface area contributed by atoms with Gasteiger partial charge in [0, 0.05) is 47.1 Å². The summed E-state index contributed by atoms with van der Waals surface area (Å²) in [6, 6.07) is 10.6. The Hall–Kier alpha value is -4.15. The first-order chi connectivity index (χ1) is 19.5. The van der Waals surface area contributed by atoms with E-state index in [0.29, 0.717) is 16.5 Å². The minimum Gasteiger partial charge on any atom is -0.465 e. The number of hydrogen-bond acceptors (Lipinski definition) is 3. The summed E-state index contributed by atoms with van der Waals surface area (Å²) < 4.78 is 30.0. The lowest BCUT2D eigenvalue weighted by Crippen LogP contribution is -2.57. The SMILES string of the molecule is CC(C)(C)N(C[C@@H](F)C[C@@H](CN1Cc2ccccc2-c2c([nH]c3ccc(F)cc23)C1=O)N(C(=O)O)C(C)(C)C)C(=O)O. The third-order valence-corrected chi connectivity index (χ3v) is 7.58. The Labute approximate surface area is 243 Å². The molecular formula is C31H38F2N4O5. The first-order valence-electron chi connectivity index (χ1n) is 13.8. The van der Waals surface area contributed by atoms with Crippen molar-refractivity contribution >= 4 is 29.0 Å². The Bertz CT molecular complexity index is 1510. The van der Waals surface area contributed by atoms with Crippen LogP contribution in [0.1, 0.15) is 64.0 Å². The molecule has 3 N–H and O–H groups in total. The number of carbonyl (C=O) groups excluding carboxylic acids is 1. The van der Waals surface area contributed by atoms with Crippen molar-refractivity contribution in [1.29, 1.82) is 0 Å². The van der Waals surface area contributed by atoms with Crippen LogP contribution >= 0.6 is 0 Å². The molecule has 0 radical (unpaired) electrons. The number of aromatic nitrogens is 1. The zero-order valence-electron chi connectivity index (χ0n) is 24.7. The fourth-order valence-electron chi connectivity index (χ4n) is 5.80. The first-order valence-corrected chi connectivity index (χ1v) is 13.8. The molecule has 0 saturated carbocycles. The number of aromatic amines is 1. The molecule has 3 amide bonds. The highest BCUT2D eigenvalue weighted by Crippen LogP contribution is 2.39. The van der Waals surface area contributed by atoms with Crippen molar-refractivity contribution < 1.29 is 33.4 Å². The summed E-state index contributed by atoms with van der Waals surface area (Å²) in [5.74, 6) is -0.878. The van der Waals surface area contributed by atoms with E-state index in [1.54, 1.807) is 47.6 Å². The number of nitrogens with one attached hydrogen (secondary N) is 1. The fraction of sp³-hybridized carbons (Fsp3) is 0.452. The second-order valence-electron chi connectivity index (χ2n) is 12.8.